The number of ether oxygens (including phenoxy) is 1. The average Bonchev–Trinajstić information content (AvgIpc) is 2.72. The maximum Gasteiger partial charge on any atom is 0.0700 e. The van der Waals surface area contributed by atoms with Gasteiger partial charge in [0.2, 0.25) is 0 Å². The van der Waals surface area contributed by atoms with Crippen molar-refractivity contribution in [2.45, 2.75) is 30.4 Å². The molecule has 1 N–H and O–H groups in total. The molecule has 0 spiro atoms. The Balaban J connectivity index is 1.62. The molecule has 2 rings (SSSR count). The van der Waals surface area contributed by atoms with Crippen LogP contribution in [0.4, 0.5) is 0 Å². The van der Waals surface area contributed by atoms with E-state index in [-0.39, 0.29) is 0 Å². The van der Waals surface area contributed by atoms with Crippen LogP contribution in [0, 0.1) is 0 Å². The van der Waals surface area contributed by atoms with Crippen molar-refractivity contribution in [3.8, 4) is 0 Å². The summed E-state index contributed by atoms with van der Waals surface area (Å²) in [5, 5.41) is 3.56. The summed E-state index contributed by atoms with van der Waals surface area (Å²) in [6, 6.07) is 11.1. The van der Waals surface area contributed by atoms with E-state index >= 15 is 0 Å². The van der Waals surface area contributed by atoms with Crippen LogP contribution < -0.4 is 5.32 Å². The first-order chi connectivity index (χ1) is 7.86. The van der Waals surface area contributed by atoms with Crippen LogP contribution >= 0.6 is 11.8 Å². The Kier molecular flexibility index (Phi) is 4.69. The van der Waals surface area contributed by atoms with Gasteiger partial charge in [-0.2, -0.15) is 0 Å². The highest BCUT2D eigenvalue weighted by Crippen LogP contribution is 2.17. The normalized spacial score (nSPS) is 24.8. The number of thioether (sulfide) groups is 1. The fourth-order valence-corrected chi connectivity index (χ4v) is 2.73. The molecule has 1 fully saturated rings. The van der Waals surface area contributed by atoms with E-state index in [2.05, 4.69) is 42.6 Å². The lowest BCUT2D eigenvalue weighted by molar-refractivity contribution is 0.113. The maximum atomic E-state index is 5.51. The molecule has 0 bridgehead atoms. The molecule has 1 aromatic rings. The summed E-state index contributed by atoms with van der Waals surface area (Å²) in [5.74, 6) is 1.12. The van der Waals surface area contributed by atoms with Gasteiger partial charge in [0.25, 0.3) is 0 Å². The third kappa shape index (κ3) is 3.51. The Morgan fingerprint density at radius 1 is 1.38 bits per heavy atom. The van der Waals surface area contributed by atoms with Gasteiger partial charge in [-0.1, -0.05) is 18.2 Å². The van der Waals surface area contributed by atoms with Crippen LogP contribution in [-0.4, -0.2) is 31.1 Å². The van der Waals surface area contributed by atoms with Crippen LogP contribution in [0.1, 0.15) is 13.3 Å². The van der Waals surface area contributed by atoms with E-state index in [1.54, 1.807) is 0 Å². The van der Waals surface area contributed by atoms with Gasteiger partial charge in [0.1, 0.15) is 0 Å². The third-order valence-corrected chi connectivity index (χ3v) is 3.91. The van der Waals surface area contributed by atoms with E-state index < -0.39 is 0 Å². The fraction of sp³-hybridized carbons (Fsp3) is 0.538. The Morgan fingerprint density at radius 2 is 2.19 bits per heavy atom. The monoisotopic (exact) mass is 237 g/mol. The van der Waals surface area contributed by atoms with Crippen LogP contribution in [0.3, 0.4) is 0 Å². The lowest BCUT2D eigenvalue weighted by Crippen LogP contribution is -2.36. The van der Waals surface area contributed by atoms with Gasteiger partial charge in [-0.3, -0.25) is 0 Å². The second kappa shape index (κ2) is 6.28. The summed E-state index contributed by atoms with van der Waals surface area (Å²) < 4.78 is 5.51. The molecule has 0 aromatic heterocycles. The molecule has 1 aliphatic rings. The number of rotatable bonds is 5. The van der Waals surface area contributed by atoms with Gasteiger partial charge < -0.3 is 10.1 Å². The summed E-state index contributed by atoms with van der Waals surface area (Å²) in [7, 11) is 0. The Hall–Kier alpha value is -0.510. The molecule has 88 valence electrons. The minimum atomic E-state index is 0.377. The smallest absolute Gasteiger partial charge is 0.0700 e. The van der Waals surface area contributed by atoms with Crippen molar-refractivity contribution < 1.29 is 4.74 Å². The van der Waals surface area contributed by atoms with E-state index in [1.165, 1.54) is 4.90 Å². The quantitative estimate of drug-likeness (QED) is 0.628. The van der Waals surface area contributed by atoms with E-state index in [1.807, 2.05) is 11.8 Å². The largest absolute Gasteiger partial charge is 0.377 e. The van der Waals surface area contributed by atoms with Gasteiger partial charge >= 0.3 is 0 Å². The minimum Gasteiger partial charge on any atom is -0.377 e. The summed E-state index contributed by atoms with van der Waals surface area (Å²) >= 11 is 1.90. The lowest BCUT2D eigenvalue weighted by atomic mass is 10.2. The van der Waals surface area contributed by atoms with Gasteiger partial charge in [-0.25, -0.2) is 0 Å². The predicted molar refractivity (Wildman–Crippen MR) is 69.0 cm³/mol. The molecule has 1 aliphatic heterocycles. The van der Waals surface area contributed by atoms with Crippen LogP contribution in [0.15, 0.2) is 35.2 Å². The maximum absolute atomic E-state index is 5.51. The Morgan fingerprint density at radius 3 is 2.88 bits per heavy atom. The third-order valence-electron chi connectivity index (χ3n) is 2.90. The van der Waals surface area contributed by atoms with Gasteiger partial charge in [-0.05, 0) is 25.5 Å². The summed E-state index contributed by atoms with van der Waals surface area (Å²) in [4.78, 5) is 1.35. The van der Waals surface area contributed by atoms with Crippen LogP contribution in [-0.2, 0) is 4.74 Å². The topological polar surface area (TPSA) is 21.3 Å². The average molecular weight is 237 g/mol. The molecule has 2 atom stereocenters. The Labute approximate surface area is 102 Å². The summed E-state index contributed by atoms with van der Waals surface area (Å²) in [5.41, 5.74) is 0. The highest BCUT2D eigenvalue weighted by Gasteiger charge is 2.22. The van der Waals surface area contributed by atoms with Crippen molar-refractivity contribution in [3.63, 3.8) is 0 Å². The lowest BCUT2D eigenvalue weighted by Gasteiger charge is -2.15. The molecule has 0 amide bonds. The predicted octanol–water partition coefficient (Wildman–Crippen LogP) is 2.55. The van der Waals surface area contributed by atoms with Gasteiger partial charge in [0, 0.05) is 29.8 Å². The number of nitrogens with one attached hydrogen (secondary N) is 1. The molecule has 3 heteroatoms. The number of hydrogen-bond donors (Lipinski definition) is 1. The second-order valence-corrected chi connectivity index (χ2v) is 5.26. The van der Waals surface area contributed by atoms with Crippen molar-refractivity contribution in [2.24, 2.45) is 0 Å². The highest BCUT2D eigenvalue weighted by molar-refractivity contribution is 7.99. The van der Waals surface area contributed by atoms with E-state index in [9.17, 15) is 0 Å². The van der Waals surface area contributed by atoms with E-state index in [0.717, 1.165) is 25.3 Å². The Bertz CT molecular complexity index is 304. The molecule has 0 saturated carbocycles. The van der Waals surface area contributed by atoms with Crippen LogP contribution in [0.25, 0.3) is 0 Å². The molecule has 16 heavy (non-hydrogen) atoms. The van der Waals surface area contributed by atoms with E-state index in [4.69, 9.17) is 4.74 Å². The highest BCUT2D eigenvalue weighted by atomic mass is 32.2. The number of hydrogen-bond acceptors (Lipinski definition) is 3. The van der Waals surface area contributed by atoms with Gasteiger partial charge in [0.15, 0.2) is 0 Å². The van der Waals surface area contributed by atoms with Gasteiger partial charge in [-0.15, -0.1) is 11.8 Å². The molecule has 2 unspecified atom stereocenters. The molecule has 0 aliphatic carbocycles. The molecule has 0 radical (unpaired) electrons. The SMILES string of the molecule is CC1OCCC1NCCSc1ccccc1. The zero-order valence-corrected chi connectivity index (χ0v) is 10.5. The molecular weight excluding hydrogens is 218 g/mol. The van der Waals surface area contributed by atoms with Crippen LogP contribution in [0.2, 0.25) is 0 Å². The van der Waals surface area contributed by atoms with Gasteiger partial charge in [0.05, 0.1) is 6.10 Å². The first kappa shape index (κ1) is 12.0. The minimum absolute atomic E-state index is 0.377. The molecule has 1 heterocycles. The van der Waals surface area contributed by atoms with Crippen molar-refractivity contribution in [2.75, 3.05) is 18.9 Å². The molecule has 2 nitrogen and oxygen atoms in total. The van der Waals surface area contributed by atoms with Crippen molar-refractivity contribution >= 4 is 11.8 Å². The molecule has 1 aromatic carbocycles. The summed E-state index contributed by atoms with van der Waals surface area (Å²) in [6.07, 6.45) is 1.53. The van der Waals surface area contributed by atoms with E-state index in [0.29, 0.717) is 12.1 Å². The zero-order valence-electron chi connectivity index (χ0n) is 9.69. The van der Waals surface area contributed by atoms with Crippen molar-refractivity contribution in [1.82, 2.24) is 5.32 Å². The first-order valence-corrected chi connectivity index (χ1v) is 6.87. The molecule has 1 saturated heterocycles. The second-order valence-electron chi connectivity index (χ2n) is 4.09. The van der Waals surface area contributed by atoms with Crippen molar-refractivity contribution in [3.05, 3.63) is 30.3 Å². The zero-order chi connectivity index (χ0) is 11.2. The summed E-state index contributed by atoms with van der Waals surface area (Å²) in [6.45, 7) is 4.11. The fourth-order valence-electron chi connectivity index (χ4n) is 1.93. The van der Waals surface area contributed by atoms with Crippen LogP contribution in [0.5, 0.6) is 0 Å². The first-order valence-electron chi connectivity index (χ1n) is 5.89. The van der Waals surface area contributed by atoms with Crippen molar-refractivity contribution in [1.29, 1.82) is 0 Å². The number of benzene rings is 1. The standard InChI is InChI=1S/C13H19NOS/c1-11-13(7-9-15-11)14-8-10-16-12-5-3-2-4-6-12/h2-6,11,13-14H,7-10H2,1H3. The molecular formula is C13H19NOS.